The van der Waals surface area contributed by atoms with Gasteiger partial charge in [-0.25, -0.2) is 0 Å². The molecule has 1 aliphatic carbocycles. The summed E-state index contributed by atoms with van der Waals surface area (Å²) >= 11 is 0. The molecule has 106 valence electrons. The summed E-state index contributed by atoms with van der Waals surface area (Å²) in [6.45, 7) is 0. The van der Waals surface area contributed by atoms with Crippen LogP contribution in [0.5, 0.6) is 0 Å². The molecule has 1 aliphatic rings. The maximum Gasteiger partial charge on any atom is 0.0844 e. The molecule has 0 radical (unpaired) electrons. The Bertz CT molecular complexity index is 793. The summed E-state index contributed by atoms with van der Waals surface area (Å²) in [5.74, 6) is 0.00907. The summed E-state index contributed by atoms with van der Waals surface area (Å²) in [4.78, 5) is 3.32. The van der Waals surface area contributed by atoms with Crippen LogP contribution in [0.25, 0.3) is 10.9 Å². The van der Waals surface area contributed by atoms with Crippen molar-refractivity contribution in [1.82, 2.24) is 10.3 Å². The van der Waals surface area contributed by atoms with E-state index in [-0.39, 0.29) is 12.0 Å². The molecule has 21 heavy (non-hydrogen) atoms. The molecule has 3 nitrogen and oxygen atoms in total. The fraction of sp³-hybridized carbons (Fsp3) is 0.222. The van der Waals surface area contributed by atoms with Gasteiger partial charge in [-0.2, -0.15) is 0 Å². The minimum atomic E-state index is -0.452. The number of hydrogen-bond donors (Lipinski definition) is 3. The van der Waals surface area contributed by atoms with Crippen LogP contribution in [-0.4, -0.2) is 23.2 Å². The second-order valence-corrected chi connectivity index (χ2v) is 5.65. The molecule has 3 aromatic rings. The lowest BCUT2D eigenvalue weighted by molar-refractivity contribution is 0.130. The highest BCUT2D eigenvalue weighted by Crippen LogP contribution is 2.45. The van der Waals surface area contributed by atoms with E-state index in [1.807, 2.05) is 37.5 Å². The van der Waals surface area contributed by atoms with Crippen molar-refractivity contribution in [2.24, 2.45) is 0 Å². The molecule has 1 heterocycles. The van der Waals surface area contributed by atoms with E-state index in [1.165, 1.54) is 22.1 Å². The van der Waals surface area contributed by atoms with E-state index in [0.717, 1.165) is 5.52 Å². The fourth-order valence-electron chi connectivity index (χ4n) is 3.67. The molecule has 3 N–H and O–H groups in total. The molecule has 0 amide bonds. The van der Waals surface area contributed by atoms with Gasteiger partial charge in [0, 0.05) is 23.0 Å². The largest absolute Gasteiger partial charge is 0.390 e. The third-order valence-corrected chi connectivity index (χ3v) is 4.62. The van der Waals surface area contributed by atoms with Gasteiger partial charge in [0.05, 0.1) is 12.1 Å². The van der Waals surface area contributed by atoms with Gasteiger partial charge in [-0.15, -0.1) is 0 Å². The highest BCUT2D eigenvalue weighted by atomic mass is 16.3. The van der Waals surface area contributed by atoms with Crippen molar-refractivity contribution < 1.29 is 5.11 Å². The number of H-pyrrole nitrogens is 1. The van der Waals surface area contributed by atoms with Crippen LogP contribution < -0.4 is 5.32 Å². The van der Waals surface area contributed by atoms with Crippen LogP contribution in [0.1, 0.15) is 28.7 Å². The molecule has 1 unspecified atom stereocenters. The third-order valence-electron chi connectivity index (χ3n) is 4.62. The maximum atomic E-state index is 10.8. The average molecular weight is 278 g/mol. The Morgan fingerprint density at radius 3 is 2.48 bits per heavy atom. The highest BCUT2D eigenvalue weighted by Gasteiger charge is 2.40. The molecule has 0 bridgehead atoms. The number of aliphatic hydroxyl groups is 1. The van der Waals surface area contributed by atoms with E-state index in [0.29, 0.717) is 0 Å². The second-order valence-electron chi connectivity index (χ2n) is 5.65. The molecule has 0 saturated heterocycles. The number of aromatic amines is 1. The first-order chi connectivity index (χ1) is 10.3. The lowest BCUT2D eigenvalue weighted by Gasteiger charge is -2.19. The Kier molecular flexibility index (Phi) is 2.84. The Labute approximate surface area is 123 Å². The molecule has 3 atom stereocenters. The number of aliphatic hydroxyl groups excluding tert-OH is 1. The van der Waals surface area contributed by atoms with E-state index in [1.54, 1.807) is 0 Å². The number of rotatable bonds is 2. The van der Waals surface area contributed by atoms with Crippen molar-refractivity contribution in [1.29, 1.82) is 0 Å². The van der Waals surface area contributed by atoms with Gasteiger partial charge in [0.1, 0.15) is 0 Å². The van der Waals surface area contributed by atoms with Crippen LogP contribution >= 0.6 is 0 Å². The van der Waals surface area contributed by atoms with Gasteiger partial charge in [0.15, 0.2) is 0 Å². The van der Waals surface area contributed by atoms with Crippen molar-refractivity contribution in [2.45, 2.75) is 18.1 Å². The van der Waals surface area contributed by atoms with Crippen molar-refractivity contribution >= 4 is 10.9 Å². The van der Waals surface area contributed by atoms with Gasteiger partial charge in [-0.3, -0.25) is 0 Å². The molecule has 1 aromatic heterocycles. The number of fused-ring (bicyclic) bond motifs is 2. The van der Waals surface area contributed by atoms with E-state index in [4.69, 9.17) is 0 Å². The summed E-state index contributed by atoms with van der Waals surface area (Å²) in [5, 5.41) is 15.3. The summed E-state index contributed by atoms with van der Waals surface area (Å²) in [5.41, 5.74) is 4.70. The predicted octanol–water partition coefficient (Wildman–Crippen LogP) is 2.93. The number of para-hydroxylation sites is 1. The van der Waals surface area contributed by atoms with Crippen molar-refractivity contribution in [3.05, 3.63) is 71.4 Å². The van der Waals surface area contributed by atoms with E-state index in [2.05, 4.69) is 34.6 Å². The number of likely N-dealkylation sites (N-methyl/N-ethyl adjacent to an activating group) is 1. The molecule has 0 aliphatic heterocycles. The Balaban J connectivity index is 1.92. The van der Waals surface area contributed by atoms with Gasteiger partial charge < -0.3 is 15.4 Å². The third kappa shape index (κ3) is 1.75. The van der Waals surface area contributed by atoms with Gasteiger partial charge >= 0.3 is 0 Å². The number of nitrogens with one attached hydrogen (secondary N) is 2. The first-order valence-corrected chi connectivity index (χ1v) is 7.31. The van der Waals surface area contributed by atoms with Crippen molar-refractivity contribution in [2.75, 3.05) is 7.05 Å². The normalized spacial score (nSPS) is 24.4. The Morgan fingerprint density at radius 2 is 1.67 bits per heavy atom. The maximum absolute atomic E-state index is 10.8. The molecule has 0 saturated carbocycles. The molecular weight excluding hydrogens is 260 g/mol. The molecular formula is C18H18N2O. The Hall–Kier alpha value is -2.10. The highest BCUT2D eigenvalue weighted by molar-refractivity contribution is 5.84. The van der Waals surface area contributed by atoms with Crippen LogP contribution in [-0.2, 0) is 0 Å². The van der Waals surface area contributed by atoms with Gasteiger partial charge in [-0.1, -0.05) is 42.5 Å². The van der Waals surface area contributed by atoms with Gasteiger partial charge in [-0.05, 0) is 29.8 Å². The first kappa shape index (κ1) is 12.6. The summed E-state index contributed by atoms with van der Waals surface area (Å²) in [6.07, 6.45) is 1.58. The van der Waals surface area contributed by atoms with E-state index < -0.39 is 6.10 Å². The molecule has 0 fully saturated rings. The predicted molar refractivity (Wildman–Crippen MR) is 84.4 cm³/mol. The number of hydrogen-bond acceptors (Lipinski definition) is 2. The van der Waals surface area contributed by atoms with Crippen LogP contribution in [0, 0.1) is 0 Å². The van der Waals surface area contributed by atoms with Crippen molar-refractivity contribution in [3.8, 4) is 0 Å². The lowest BCUT2D eigenvalue weighted by atomic mass is 9.91. The summed E-state index contributed by atoms with van der Waals surface area (Å²) in [6, 6.07) is 16.6. The summed E-state index contributed by atoms with van der Waals surface area (Å²) in [7, 11) is 1.91. The number of aromatic nitrogens is 1. The molecule has 0 spiro atoms. The average Bonchev–Trinajstić information content (AvgIpc) is 3.05. The zero-order chi connectivity index (χ0) is 14.4. The zero-order valence-corrected chi connectivity index (χ0v) is 11.9. The molecule has 2 aromatic carbocycles. The van der Waals surface area contributed by atoms with E-state index >= 15 is 0 Å². The number of benzene rings is 2. The fourth-order valence-corrected chi connectivity index (χ4v) is 3.67. The quantitative estimate of drug-likeness (QED) is 0.675. The van der Waals surface area contributed by atoms with Crippen LogP contribution in [0.15, 0.2) is 54.7 Å². The monoisotopic (exact) mass is 278 g/mol. The SMILES string of the molecule is CN[C@@H]1c2ccccc2[C@H](c2c[nH]c3ccccc23)C1O. The van der Waals surface area contributed by atoms with Crippen LogP contribution in [0.2, 0.25) is 0 Å². The molecule has 3 heteroatoms. The van der Waals surface area contributed by atoms with Crippen LogP contribution in [0.3, 0.4) is 0 Å². The molecule has 4 rings (SSSR count). The smallest absolute Gasteiger partial charge is 0.0844 e. The van der Waals surface area contributed by atoms with Gasteiger partial charge in [0.2, 0.25) is 0 Å². The minimum absolute atomic E-state index is 0.00907. The van der Waals surface area contributed by atoms with Crippen LogP contribution in [0.4, 0.5) is 0 Å². The second kappa shape index (κ2) is 4.72. The zero-order valence-electron chi connectivity index (χ0n) is 11.9. The summed E-state index contributed by atoms with van der Waals surface area (Å²) < 4.78 is 0. The first-order valence-electron chi connectivity index (χ1n) is 7.31. The standard InChI is InChI=1S/C18H18N2O/c1-19-17-13-8-3-2-7-12(13)16(18(17)21)14-10-20-15-9-5-4-6-11(14)15/h2-10,16-21H,1H3/t16-,17-,18?/m1/s1. The topological polar surface area (TPSA) is 48.0 Å². The van der Waals surface area contributed by atoms with Gasteiger partial charge in [0.25, 0.3) is 0 Å². The van der Waals surface area contributed by atoms with Crippen molar-refractivity contribution in [3.63, 3.8) is 0 Å². The minimum Gasteiger partial charge on any atom is -0.390 e. The Morgan fingerprint density at radius 1 is 0.952 bits per heavy atom. The lowest BCUT2D eigenvalue weighted by Crippen LogP contribution is -2.28. The van der Waals surface area contributed by atoms with E-state index in [9.17, 15) is 5.11 Å².